The van der Waals surface area contributed by atoms with Crippen LogP contribution in [0.5, 0.6) is 0 Å². The first-order chi connectivity index (χ1) is 12.1. The van der Waals surface area contributed by atoms with Gasteiger partial charge in [-0.05, 0) is 31.7 Å². The highest BCUT2D eigenvalue weighted by atomic mass is 16.5. The lowest BCUT2D eigenvalue weighted by Gasteiger charge is -2.39. The van der Waals surface area contributed by atoms with Crippen LogP contribution in [0.1, 0.15) is 51.3 Å². The van der Waals surface area contributed by atoms with Gasteiger partial charge in [-0.3, -0.25) is 4.68 Å². The zero-order valence-corrected chi connectivity index (χ0v) is 15.5. The normalized spacial score (nSPS) is 30.3. The minimum atomic E-state index is -0.0111. The summed E-state index contributed by atoms with van der Waals surface area (Å²) < 4.78 is 13.7. The van der Waals surface area contributed by atoms with E-state index in [2.05, 4.69) is 24.3 Å². The fourth-order valence-electron chi connectivity index (χ4n) is 3.64. The van der Waals surface area contributed by atoms with E-state index in [1.54, 1.807) is 6.20 Å². The van der Waals surface area contributed by atoms with Crippen LogP contribution in [0.4, 0.5) is 4.79 Å². The van der Waals surface area contributed by atoms with Crippen LogP contribution in [0.2, 0.25) is 0 Å². The van der Waals surface area contributed by atoms with E-state index >= 15 is 0 Å². The van der Waals surface area contributed by atoms with Crippen molar-refractivity contribution in [1.82, 2.24) is 20.0 Å². The monoisotopic (exact) mass is 350 g/mol. The number of aryl methyl sites for hydroxylation is 1. The summed E-state index contributed by atoms with van der Waals surface area (Å²) in [6, 6.07) is 2.13. The standard InChI is InChI=1S/C18H30N4O3/c1-4-14-11-22(12-15(5-2)25-14)18(23)20-13-7-9-24-17(10-13)16-6-8-19-21(16)3/h6,8,13-15,17H,4-5,7,9-12H2,1-3H3,(H,20,23). The van der Waals surface area contributed by atoms with Crippen LogP contribution in [0.15, 0.2) is 12.3 Å². The van der Waals surface area contributed by atoms with Crippen molar-refractivity contribution in [1.29, 1.82) is 0 Å². The van der Waals surface area contributed by atoms with Crippen LogP contribution in [-0.4, -0.2) is 58.7 Å². The number of hydrogen-bond donors (Lipinski definition) is 1. The maximum atomic E-state index is 12.8. The van der Waals surface area contributed by atoms with Crippen molar-refractivity contribution in [2.75, 3.05) is 19.7 Å². The molecule has 0 spiro atoms. The van der Waals surface area contributed by atoms with Gasteiger partial charge in [0.15, 0.2) is 0 Å². The quantitative estimate of drug-likeness (QED) is 0.904. The molecule has 1 aromatic heterocycles. The molecule has 4 unspecified atom stereocenters. The fourth-order valence-corrected chi connectivity index (χ4v) is 3.64. The minimum Gasteiger partial charge on any atom is -0.372 e. The molecule has 2 aliphatic heterocycles. The van der Waals surface area contributed by atoms with Crippen molar-refractivity contribution < 1.29 is 14.3 Å². The van der Waals surface area contributed by atoms with E-state index in [1.165, 1.54) is 0 Å². The fraction of sp³-hybridized carbons (Fsp3) is 0.778. The third-order valence-electron chi connectivity index (χ3n) is 5.23. The largest absolute Gasteiger partial charge is 0.372 e. The molecule has 3 heterocycles. The number of hydrogen-bond acceptors (Lipinski definition) is 4. The van der Waals surface area contributed by atoms with Crippen LogP contribution >= 0.6 is 0 Å². The van der Waals surface area contributed by atoms with Gasteiger partial charge < -0.3 is 19.7 Å². The average Bonchev–Trinajstić information content (AvgIpc) is 3.07. The van der Waals surface area contributed by atoms with Crippen molar-refractivity contribution in [3.63, 3.8) is 0 Å². The highest BCUT2D eigenvalue weighted by molar-refractivity contribution is 5.74. The number of carbonyl (C=O) groups excluding carboxylic acids is 1. The number of aromatic nitrogens is 2. The molecular weight excluding hydrogens is 320 g/mol. The van der Waals surface area contributed by atoms with Crippen molar-refractivity contribution in [3.05, 3.63) is 18.0 Å². The number of nitrogens with zero attached hydrogens (tertiary/aromatic N) is 3. The van der Waals surface area contributed by atoms with Gasteiger partial charge in [0.25, 0.3) is 0 Å². The summed E-state index contributed by atoms with van der Waals surface area (Å²) in [5, 5.41) is 7.42. The molecule has 0 bridgehead atoms. The first kappa shape index (κ1) is 18.2. The summed E-state index contributed by atoms with van der Waals surface area (Å²) in [4.78, 5) is 14.7. The maximum absolute atomic E-state index is 12.8. The van der Waals surface area contributed by atoms with Gasteiger partial charge in [0.1, 0.15) is 6.10 Å². The summed E-state index contributed by atoms with van der Waals surface area (Å²) >= 11 is 0. The van der Waals surface area contributed by atoms with Crippen molar-refractivity contribution >= 4 is 6.03 Å². The third kappa shape index (κ3) is 4.33. The van der Waals surface area contributed by atoms with E-state index < -0.39 is 0 Å². The van der Waals surface area contributed by atoms with E-state index in [0.717, 1.165) is 31.4 Å². The molecule has 0 aliphatic carbocycles. The second-order valence-electron chi connectivity index (χ2n) is 7.01. The summed E-state index contributed by atoms with van der Waals surface area (Å²) in [6.45, 7) is 6.21. The van der Waals surface area contributed by atoms with Gasteiger partial charge >= 0.3 is 6.03 Å². The Morgan fingerprint density at radius 2 is 2.04 bits per heavy atom. The Balaban J connectivity index is 1.57. The third-order valence-corrected chi connectivity index (χ3v) is 5.23. The molecule has 0 aromatic carbocycles. The number of rotatable bonds is 4. The minimum absolute atomic E-state index is 0.0111. The number of urea groups is 1. The molecule has 2 fully saturated rings. The van der Waals surface area contributed by atoms with Crippen LogP contribution in [0.3, 0.4) is 0 Å². The Labute approximate surface area is 149 Å². The zero-order chi connectivity index (χ0) is 17.8. The number of carbonyl (C=O) groups is 1. The van der Waals surface area contributed by atoms with Gasteiger partial charge in [0.2, 0.25) is 0 Å². The molecule has 0 radical (unpaired) electrons. The Hall–Kier alpha value is -1.60. The van der Waals surface area contributed by atoms with Crippen molar-refractivity contribution in [2.24, 2.45) is 7.05 Å². The van der Waals surface area contributed by atoms with E-state index in [9.17, 15) is 4.79 Å². The van der Waals surface area contributed by atoms with Gasteiger partial charge in [0.05, 0.1) is 17.9 Å². The molecule has 7 heteroatoms. The van der Waals surface area contributed by atoms with Gasteiger partial charge in [-0.15, -0.1) is 0 Å². The smallest absolute Gasteiger partial charge is 0.317 e. The molecular formula is C18H30N4O3. The molecule has 4 atom stereocenters. The van der Waals surface area contributed by atoms with Gasteiger partial charge in [-0.2, -0.15) is 5.10 Å². The van der Waals surface area contributed by atoms with Gasteiger partial charge in [-0.25, -0.2) is 4.79 Å². The predicted molar refractivity (Wildman–Crippen MR) is 94.3 cm³/mol. The maximum Gasteiger partial charge on any atom is 0.317 e. The highest BCUT2D eigenvalue weighted by Gasteiger charge is 2.32. The molecule has 1 N–H and O–H groups in total. The molecule has 2 saturated heterocycles. The molecule has 3 rings (SSSR count). The number of morpholine rings is 1. The summed E-state index contributed by atoms with van der Waals surface area (Å²) in [5.74, 6) is 0. The van der Waals surface area contributed by atoms with Crippen LogP contribution in [-0.2, 0) is 16.5 Å². The first-order valence-corrected chi connectivity index (χ1v) is 9.41. The van der Waals surface area contributed by atoms with Crippen molar-refractivity contribution in [3.8, 4) is 0 Å². The first-order valence-electron chi connectivity index (χ1n) is 9.41. The SMILES string of the molecule is CCC1CN(C(=O)NC2CCOC(c3ccnn3C)C2)CC(CC)O1. The number of ether oxygens (including phenoxy) is 2. The van der Waals surface area contributed by atoms with Gasteiger partial charge in [-0.1, -0.05) is 13.8 Å². The summed E-state index contributed by atoms with van der Waals surface area (Å²) in [6.07, 6.45) is 5.54. The van der Waals surface area contributed by atoms with Gasteiger partial charge in [0, 0.05) is 39.0 Å². The van der Waals surface area contributed by atoms with E-state index in [4.69, 9.17) is 9.47 Å². The lowest BCUT2D eigenvalue weighted by molar-refractivity contribution is -0.0751. The molecule has 25 heavy (non-hydrogen) atoms. The Morgan fingerprint density at radius 3 is 2.64 bits per heavy atom. The molecule has 1 aromatic rings. The molecule has 2 aliphatic rings. The highest BCUT2D eigenvalue weighted by Crippen LogP contribution is 2.28. The summed E-state index contributed by atoms with van der Waals surface area (Å²) in [7, 11) is 1.92. The van der Waals surface area contributed by atoms with Crippen LogP contribution in [0.25, 0.3) is 0 Å². The number of amides is 2. The van der Waals surface area contributed by atoms with Crippen molar-refractivity contribution in [2.45, 2.75) is 63.9 Å². The molecule has 0 saturated carbocycles. The lowest BCUT2D eigenvalue weighted by Crippen LogP contribution is -2.55. The average molecular weight is 350 g/mol. The Bertz CT molecular complexity index is 564. The van der Waals surface area contributed by atoms with E-state index in [-0.39, 0.29) is 30.4 Å². The second kappa shape index (κ2) is 8.19. The van der Waals surface area contributed by atoms with Crippen LogP contribution < -0.4 is 5.32 Å². The topological polar surface area (TPSA) is 68.6 Å². The number of nitrogens with one attached hydrogen (secondary N) is 1. The lowest BCUT2D eigenvalue weighted by atomic mass is 10.0. The van der Waals surface area contributed by atoms with Crippen LogP contribution in [0, 0.1) is 0 Å². The summed E-state index contributed by atoms with van der Waals surface area (Å²) in [5.41, 5.74) is 1.06. The van der Waals surface area contributed by atoms with E-state index in [1.807, 2.05) is 22.7 Å². The molecule has 2 amide bonds. The zero-order valence-electron chi connectivity index (χ0n) is 15.5. The van der Waals surface area contributed by atoms with E-state index in [0.29, 0.717) is 19.7 Å². The Morgan fingerprint density at radius 1 is 1.32 bits per heavy atom. The predicted octanol–water partition coefficient (Wildman–Crippen LogP) is 2.24. The molecule has 140 valence electrons. The Kier molecular flexibility index (Phi) is 5.96. The second-order valence-corrected chi connectivity index (χ2v) is 7.01. The molecule has 7 nitrogen and oxygen atoms in total.